The predicted octanol–water partition coefficient (Wildman–Crippen LogP) is 4.98. The fourth-order valence-corrected chi connectivity index (χ4v) is 2.85. The first-order valence-corrected chi connectivity index (χ1v) is 8.03. The van der Waals surface area contributed by atoms with Gasteiger partial charge in [-0.05, 0) is 61.6 Å². The lowest BCUT2D eigenvalue weighted by Crippen LogP contribution is -2.14. The number of carbonyl (C=O) groups excluding carboxylic acids is 1. The van der Waals surface area contributed by atoms with E-state index in [4.69, 9.17) is 11.6 Å². The normalized spacial score (nSPS) is 14.8. The largest absolute Gasteiger partial charge is 0.377 e. The van der Waals surface area contributed by atoms with Crippen LogP contribution in [0, 0.1) is 17.2 Å². The zero-order valence-electron chi connectivity index (χ0n) is 12.8. The van der Waals surface area contributed by atoms with Crippen LogP contribution in [0.2, 0.25) is 5.02 Å². The highest BCUT2D eigenvalue weighted by Gasteiger charge is 2.32. The van der Waals surface area contributed by atoms with Crippen molar-refractivity contribution >= 4 is 23.1 Å². The van der Waals surface area contributed by atoms with Gasteiger partial charge in [0.25, 0.3) is 0 Å². The van der Waals surface area contributed by atoms with Crippen LogP contribution in [0.4, 0.5) is 5.69 Å². The lowest BCUT2D eigenvalue weighted by Gasteiger charge is -2.21. The second-order valence-electron chi connectivity index (χ2n) is 5.94. The van der Waals surface area contributed by atoms with E-state index in [1.807, 2.05) is 24.3 Å². The third-order valence-corrected chi connectivity index (χ3v) is 4.43. The number of Topliss-reactive ketones (excluding diaryl/α,β-unsaturated/α-hetero) is 1. The topological polar surface area (TPSA) is 52.9 Å². The minimum absolute atomic E-state index is 0.00740. The minimum atomic E-state index is -0.00740. The minimum Gasteiger partial charge on any atom is -0.377 e. The summed E-state index contributed by atoms with van der Waals surface area (Å²) in [5, 5.41) is 13.5. The van der Waals surface area contributed by atoms with Gasteiger partial charge in [-0.25, -0.2) is 0 Å². The zero-order chi connectivity index (χ0) is 16.4. The van der Waals surface area contributed by atoms with E-state index in [-0.39, 0.29) is 11.8 Å². The molecule has 0 aliphatic heterocycles. The summed E-state index contributed by atoms with van der Waals surface area (Å²) in [5.41, 5.74) is 3.02. The number of nitrogens with one attached hydrogen (secondary N) is 1. The maximum absolute atomic E-state index is 11.6. The summed E-state index contributed by atoms with van der Waals surface area (Å²) in [6.07, 6.45) is 2.32. The van der Waals surface area contributed by atoms with Crippen LogP contribution in [-0.4, -0.2) is 5.78 Å². The van der Waals surface area contributed by atoms with Crippen molar-refractivity contribution in [3.63, 3.8) is 0 Å². The highest BCUT2D eigenvalue weighted by Crippen LogP contribution is 2.43. The van der Waals surface area contributed by atoms with E-state index in [0.29, 0.717) is 27.8 Å². The number of ketones is 1. The summed E-state index contributed by atoms with van der Waals surface area (Å²) in [7, 11) is 0. The summed E-state index contributed by atoms with van der Waals surface area (Å²) in [6.45, 7) is 1.53. The van der Waals surface area contributed by atoms with E-state index in [1.54, 1.807) is 18.2 Å². The Morgan fingerprint density at radius 3 is 2.52 bits per heavy atom. The van der Waals surface area contributed by atoms with E-state index < -0.39 is 0 Å². The van der Waals surface area contributed by atoms with Gasteiger partial charge < -0.3 is 5.32 Å². The van der Waals surface area contributed by atoms with Gasteiger partial charge in [0.05, 0.1) is 17.3 Å². The molecule has 1 aliphatic rings. The van der Waals surface area contributed by atoms with E-state index in [1.165, 1.54) is 6.92 Å². The first kappa shape index (κ1) is 15.6. The molecule has 1 saturated carbocycles. The number of benzene rings is 2. The molecule has 3 nitrogen and oxygen atoms in total. The van der Waals surface area contributed by atoms with Crippen LogP contribution in [0.25, 0.3) is 0 Å². The Kier molecular flexibility index (Phi) is 4.36. The van der Waals surface area contributed by atoms with Crippen molar-refractivity contribution in [3.05, 3.63) is 64.2 Å². The third kappa shape index (κ3) is 3.55. The van der Waals surface area contributed by atoms with Gasteiger partial charge in [0.2, 0.25) is 0 Å². The fraction of sp³-hybridized carbons (Fsp3) is 0.263. The summed E-state index contributed by atoms with van der Waals surface area (Å²) in [5.74, 6) is 0.538. The highest BCUT2D eigenvalue weighted by molar-refractivity contribution is 6.30. The second-order valence-corrected chi connectivity index (χ2v) is 6.38. The van der Waals surface area contributed by atoms with Crippen molar-refractivity contribution in [2.75, 3.05) is 5.32 Å². The molecule has 1 N–H and O–H groups in total. The molecule has 0 radical (unpaired) electrons. The summed E-state index contributed by atoms with van der Waals surface area (Å²) < 4.78 is 0. The Hall–Kier alpha value is -2.31. The molecular weight excluding hydrogens is 308 g/mol. The second kappa shape index (κ2) is 6.44. The van der Waals surface area contributed by atoms with Gasteiger partial charge in [-0.1, -0.05) is 23.7 Å². The lowest BCUT2D eigenvalue weighted by molar-refractivity contribution is 0.101. The Morgan fingerprint density at radius 1 is 1.26 bits per heavy atom. The lowest BCUT2D eigenvalue weighted by atomic mass is 10.0. The fourth-order valence-electron chi connectivity index (χ4n) is 2.72. The molecule has 116 valence electrons. The average molecular weight is 325 g/mol. The number of anilines is 1. The monoisotopic (exact) mass is 324 g/mol. The smallest absolute Gasteiger partial charge is 0.159 e. The van der Waals surface area contributed by atoms with Crippen molar-refractivity contribution < 1.29 is 4.79 Å². The van der Waals surface area contributed by atoms with Crippen molar-refractivity contribution in [1.29, 1.82) is 5.26 Å². The average Bonchev–Trinajstić information content (AvgIpc) is 3.38. The maximum Gasteiger partial charge on any atom is 0.159 e. The molecule has 3 rings (SSSR count). The highest BCUT2D eigenvalue weighted by atomic mass is 35.5. The molecule has 4 heteroatoms. The van der Waals surface area contributed by atoms with Gasteiger partial charge in [-0.3, -0.25) is 4.79 Å². The van der Waals surface area contributed by atoms with Gasteiger partial charge >= 0.3 is 0 Å². The summed E-state index contributed by atoms with van der Waals surface area (Å²) >= 11 is 5.97. The number of halogens is 1. The Bertz CT molecular complexity index is 773. The number of nitrogens with zero attached hydrogens (tertiary/aromatic N) is 1. The van der Waals surface area contributed by atoms with E-state index >= 15 is 0 Å². The van der Waals surface area contributed by atoms with Crippen LogP contribution in [0.1, 0.15) is 47.3 Å². The zero-order valence-corrected chi connectivity index (χ0v) is 13.6. The first-order chi connectivity index (χ1) is 11.1. The maximum atomic E-state index is 11.6. The molecule has 1 aliphatic carbocycles. The van der Waals surface area contributed by atoms with Crippen LogP contribution < -0.4 is 5.32 Å². The number of nitriles is 1. The molecule has 0 saturated heterocycles. The molecule has 0 heterocycles. The van der Waals surface area contributed by atoms with E-state index in [2.05, 4.69) is 11.4 Å². The summed E-state index contributed by atoms with van der Waals surface area (Å²) in [4.78, 5) is 11.6. The quantitative estimate of drug-likeness (QED) is 0.789. The molecule has 2 aromatic rings. The number of carbonyl (C=O) groups is 1. The molecule has 1 atom stereocenters. The molecule has 23 heavy (non-hydrogen) atoms. The first-order valence-electron chi connectivity index (χ1n) is 7.65. The molecule has 2 aromatic carbocycles. The molecule has 1 unspecified atom stereocenters. The molecule has 0 spiro atoms. The van der Waals surface area contributed by atoms with E-state index in [9.17, 15) is 10.1 Å². The molecule has 0 amide bonds. The van der Waals surface area contributed by atoms with Gasteiger partial charge in [0, 0.05) is 10.6 Å². The standard InChI is InChI=1S/C19H17ClN2O/c1-12(23)15-4-5-16(11-21)18(10-15)22-19(13-2-3-13)14-6-8-17(20)9-7-14/h4-10,13,19,22H,2-3H2,1H3. The third-order valence-electron chi connectivity index (χ3n) is 4.18. The molecule has 0 bridgehead atoms. The van der Waals surface area contributed by atoms with Crippen molar-refractivity contribution in [1.82, 2.24) is 0 Å². The van der Waals surface area contributed by atoms with Crippen LogP contribution >= 0.6 is 11.6 Å². The number of rotatable bonds is 5. The Labute approximate surface area is 140 Å². The van der Waals surface area contributed by atoms with Crippen molar-refractivity contribution in [3.8, 4) is 6.07 Å². The van der Waals surface area contributed by atoms with Crippen LogP contribution in [0.15, 0.2) is 42.5 Å². The van der Waals surface area contributed by atoms with Crippen LogP contribution in [0.5, 0.6) is 0 Å². The number of hydrogen-bond acceptors (Lipinski definition) is 3. The van der Waals surface area contributed by atoms with Gasteiger partial charge in [-0.2, -0.15) is 5.26 Å². The van der Waals surface area contributed by atoms with Gasteiger partial charge in [-0.15, -0.1) is 0 Å². The van der Waals surface area contributed by atoms with Crippen LogP contribution in [0.3, 0.4) is 0 Å². The predicted molar refractivity (Wildman–Crippen MR) is 91.7 cm³/mol. The van der Waals surface area contributed by atoms with Crippen molar-refractivity contribution in [2.45, 2.75) is 25.8 Å². The van der Waals surface area contributed by atoms with Gasteiger partial charge in [0.15, 0.2) is 5.78 Å². The SMILES string of the molecule is CC(=O)c1ccc(C#N)c(NC(c2ccc(Cl)cc2)C2CC2)c1. The van der Waals surface area contributed by atoms with Crippen molar-refractivity contribution in [2.24, 2.45) is 5.92 Å². The molecular formula is C19H17ClN2O. The van der Waals surface area contributed by atoms with Gasteiger partial charge in [0.1, 0.15) is 6.07 Å². The van der Waals surface area contributed by atoms with E-state index in [0.717, 1.165) is 18.4 Å². The molecule has 1 fully saturated rings. The Balaban J connectivity index is 1.94. The Morgan fingerprint density at radius 2 is 1.96 bits per heavy atom. The summed E-state index contributed by atoms with van der Waals surface area (Å²) in [6, 6.07) is 15.3. The number of hydrogen-bond donors (Lipinski definition) is 1. The molecule has 0 aromatic heterocycles. The van der Waals surface area contributed by atoms with Crippen LogP contribution in [-0.2, 0) is 0 Å².